The predicted molar refractivity (Wildman–Crippen MR) is 67.2 cm³/mol. The highest BCUT2D eigenvalue weighted by molar-refractivity contribution is 5.99. The summed E-state index contributed by atoms with van der Waals surface area (Å²) in [5.74, 6) is 0.912. The van der Waals surface area contributed by atoms with Crippen LogP contribution in [0.25, 0.3) is 0 Å². The smallest absolute Gasteiger partial charge is 0.345 e. The lowest BCUT2D eigenvalue weighted by atomic mass is 10.1. The van der Waals surface area contributed by atoms with Gasteiger partial charge in [0.2, 0.25) is 0 Å². The number of amides is 2. The Morgan fingerprint density at radius 2 is 2.00 bits per heavy atom. The van der Waals surface area contributed by atoms with Gasteiger partial charge in [0.1, 0.15) is 0 Å². The largest absolute Gasteiger partial charge is 0.493 e. The first-order valence-electron chi connectivity index (χ1n) is 5.60. The molecule has 0 fully saturated rings. The number of carbonyl (C=O) groups excluding carboxylic acids is 2. The number of ether oxygens (including phenoxy) is 2. The van der Waals surface area contributed by atoms with Crippen molar-refractivity contribution in [1.29, 1.82) is 0 Å². The lowest BCUT2D eigenvalue weighted by Gasteiger charge is -2.09. The number of methoxy groups -OCH3 is 2. The molecule has 99 valence electrons. The summed E-state index contributed by atoms with van der Waals surface area (Å²) in [5, 5.41) is 6.00. The van der Waals surface area contributed by atoms with Gasteiger partial charge in [-0.05, 0) is 18.2 Å². The van der Waals surface area contributed by atoms with E-state index in [4.69, 9.17) is 9.47 Å². The van der Waals surface area contributed by atoms with Gasteiger partial charge >= 0.3 is 6.03 Å². The van der Waals surface area contributed by atoms with Gasteiger partial charge in [-0.1, -0.05) is 0 Å². The van der Waals surface area contributed by atoms with Crippen LogP contribution in [0.5, 0.6) is 11.5 Å². The van der Waals surface area contributed by atoms with Crippen LogP contribution in [0.3, 0.4) is 0 Å². The molecule has 1 aliphatic rings. The topological polar surface area (TPSA) is 78.7 Å². The molecule has 2 rings (SSSR count). The molecule has 6 heteroatoms. The monoisotopic (exact) mass is 261 g/mol. The minimum atomic E-state index is -0.449. The molecular weight excluding hydrogens is 248 g/mol. The number of nitrogens with zero attached hydrogens (tertiary/aromatic N) is 1. The highest BCUT2D eigenvalue weighted by Crippen LogP contribution is 2.28. The molecule has 0 spiro atoms. The lowest BCUT2D eigenvalue weighted by molar-refractivity contribution is 0.0991. The predicted octanol–water partition coefficient (Wildman–Crippen LogP) is 1.45. The Morgan fingerprint density at radius 1 is 1.26 bits per heavy atom. The Morgan fingerprint density at radius 3 is 2.58 bits per heavy atom. The molecule has 0 saturated carbocycles. The van der Waals surface area contributed by atoms with Crippen LogP contribution in [-0.2, 0) is 0 Å². The van der Waals surface area contributed by atoms with Crippen molar-refractivity contribution in [2.45, 2.75) is 6.42 Å². The van der Waals surface area contributed by atoms with Crippen LogP contribution in [0.15, 0.2) is 30.1 Å². The van der Waals surface area contributed by atoms with Gasteiger partial charge in [0.15, 0.2) is 17.3 Å². The van der Waals surface area contributed by atoms with Crippen molar-refractivity contribution in [3.63, 3.8) is 0 Å². The third-order valence-corrected chi connectivity index (χ3v) is 2.66. The molecule has 2 amide bonds. The van der Waals surface area contributed by atoms with Gasteiger partial charge in [-0.2, -0.15) is 5.32 Å². The second-order valence-electron chi connectivity index (χ2n) is 3.88. The number of nitrogens with one attached hydrogen (secondary N) is 1. The quantitative estimate of drug-likeness (QED) is 0.813. The van der Waals surface area contributed by atoms with Gasteiger partial charge < -0.3 is 14.8 Å². The molecule has 1 N–H and O–H groups in total. The summed E-state index contributed by atoms with van der Waals surface area (Å²) in [6.07, 6.45) is 1.45. The molecule has 19 heavy (non-hydrogen) atoms. The number of Topliss-reactive ketones (excluding diaryl/α,β-unsaturated/α-hetero) is 1. The van der Waals surface area contributed by atoms with E-state index >= 15 is 0 Å². The zero-order chi connectivity index (χ0) is 13.8. The molecule has 6 nitrogen and oxygen atoms in total. The number of rotatable bonds is 5. The van der Waals surface area contributed by atoms with Crippen molar-refractivity contribution in [3.8, 4) is 11.5 Å². The number of hydrogen-bond donors (Lipinski definition) is 1. The van der Waals surface area contributed by atoms with Gasteiger partial charge in [0.05, 0.1) is 26.8 Å². The van der Waals surface area contributed by atoms with E-state index in [0.717, 1.165) is 0 Å². The second-order valence-corrected chi connectivity index (χ2v) is 3.88. The number of carbonyl (C=O) groups is 2. The maximum absolute atomic E-state index is 12.0. The van der Waals surface area contributed by atoms with Crippen molar-refractivity contribution in [2.24, 2.45) is 0 Å². The SMILES string of the molecule is COc1ccc(C(=O)CC2=C[N]C(=O)N2)cc1OC. The van der Waals surface area contributed by atoms with E-state index in [1.54, 1.807) is 18.2 Å². The molecule has 0 aromatic heterocycles. The maximum Gasteiger partial charge on any atom is 0.345 e. The summed E-state index contributed by atoms with van der Waals surface area (Å²) in [4.78, 5) is 22.9. The Balaban J connectivity index is 2.13. The molecule has 0 unspecified atom stereocenters. The van der Waals surface area contributed by atoms with Gasteiger partial charge in [0, 0.05) is 11.3 Å². The van der Waals surface area contributed by atoms with Crippen molar-refractivity contribution in [1.82, 2.24) is 10.6 Å². The molecule has 1 radical (unpaired) electrons. The Hall–Kier alpha value is -2.50. The van der Waals surface area contributed by atoms with Crippen LogP contribution in [0.2, 0.25) is 0 Å². The van der Waals surface area contributed by atoms with Crippen LogP contribution in [0, 0.1) is 0 Å². The van der Waals surface area contributed by atoms with Gasteiger partial charge in [0.25, 0.3) is 0 Å². The van der Waals surface area contributed by atoms with Gasteiger partial charge in [-0.25, -0.2) is 4.79 Å². The van der Waals surface area contributed by atoms with Crippen LogP contribution < -0.4 is 20.1 Å². The number of allylic oxidation sites excluding steroid dienone is 1. The average Bonchev–Trinajstić information content (AvgIpc) is 2.83. The molecular formula is C13H13N2O4. The third-order valence-electron chi connectivity index (χ3n) is 2.66. The normalized spacial score (nSPS) is 13.4. The van der Waals surface area contributed by atoms with Crippen molar-refractivity contribution in [2.75, 3.05) is 14.2 Å². The van der Waals surface area contributed by atoms with E-state index in [9.17, 15) is 9.59 Å². The van der Waals surface area contributed by atoms with Crippen LogP contribution in [0.4, 0.5) is 4.79 Å². The first kappa shape index (κ1) is 12.9. The van der Waals surface area contributed by atoms with E-state index in [1.165, 1.54) is 20.4 Å². The third kappa shape index (κ3) is 2.85. The number of urea groups is 1. The van der Waals surface area contributed by atoms with E-state index in [1.807, 2.05) is 0 Å². The summed E-state index contributed by atoms with van der Waals surface area (Å²) in [5.41, 5.74) is 0.976. The van der Waals surface area contributed by atoms with E-state index < -0.39 is 6.03 Å². The lowest BCUT2D eigenvalue weighted by Crippen LogP contribution is -2.19. The van der Waals surface area contributed by atoms with E-state index in [2.05, 4.69) is 10.6 Å². The molecule has 0 saturated heterocycles. The highest BCUT2D eigenvalue weighted by Gasteiger charge is 2.17. The second kappa shape index (κ2) is 5.43. The first-order valence-corrected chi connectivity index (χ1v) is 5.60. The fourth-order valence-electron chi connectivity index (χ4n) is 1.71. The van der Waals surface area contributed by atoms with Crippen molar-refractivity contribution in [3.05, 3.63) is 35.7 Å². The molecule has 0 aliphatic carbocycles. The summed E-state index contributed by atoms with van der Waals surface area (Å²) in [6.45, 7) is 0. The minimum Gasteiger partial charge on any atom is -0.493 e. The van der Waals surface area contributed by atoms with Crippen molar-refractivity contribution < 1.29 is 19.1 Å². The number of benzene rings is 1. The van der Waals surface area contributed by atoms with Gasteiger partial charge in [-0.15, -0.1) is 0 Å². The summed E-state index contributed by atoms with van der Waals surface area (Å²) >= 11 is 0. The van der Waals surface area contributed by atoms with E-state index in [-0.39, 0.29) is 12.2 Å². The molecule has 1 aromatic rings. The highest BCUT2D eigenvalue weighted by atomic mass is 16.5. The maximum atomic E-state index is 12.0. The number of hydrogen-bond acceptors (Lipinski definition) is 4. The molecule has 1 heterocycles. The Labute approximate surface area is 110 Å². The Kier molecular flexibility index (Phi) is 3.70. The van der Waals surface area contributed by atoms with Gasteiger partial charge in [-0.3, -0.25) is 4.79 Å². The van der Waals surface area contributed by atoms with Crippen molar-refractivity contribution >= 4 is 11.8 Å². The summed E-state index contributed by atoms with van der Waals surface area (Å²) in [7, 11) is 3.03. The standard InChI is InChI=1S/C13H13N2O4/c1-18-11-4-3-8(5-12(11)19-2)10(16)6-9-7-14-13(17)15-9/h3-5,7H,6H2,1-2H3,(H,15,17). The molecule has 1 aliphatic heterocycles. The zero-order valence-electron chi connectivity index (χ0n) is 10.6. The number of ketones is 1. The average molecular weight is 261 g/mol. The molecule has 0 atom stereocenters. The van der Waals surface area contributed by atoms with Crippen LogP contribution >= 0.6 is 0 Å². The summed E-state index contributed by atoms with van der Waals surface area (Å²) < 4.78 is 10.2. The zero-order valence-corrected chi connectivity index (χ0v) is 10.6. The minimum absolute atomic E-state index is 0.0880. The Bertz CT molecular complexity index is 552. The first-order chi connectivity index (χ1) is 9.13. The van der Waals surface area contributed by atoms with Crippen LogP contribution in [0.1, 0.15) is 16.8 Å². The molecule has 0 bridgehead atoms. The van der Waals surface area contributed by atoms with E-state index in [0.29, 0.717) is 22.8 Å². The fraction of sp³-hybridized carbons (Fsp3) is 0.231. The fourth-order valence-corrected chi connectivity index (χ4v) is 1.71. The summed E-state index contributed by atoms with van der Waals surface area (Å²) in [6, 6.07) is 4.47. The van der Waals surface area contributed by atoms with Crippen LogP contribution in [-0.4, -0.2) is 26.0 Å². The molecule has 1 aromatic carbocycles.